The van der Waals surface area contributed by atoms with Gasteiger partial charge in [0, 0.05) is 23.8 Å². The summed E-state index contributed by atoms with van der Waals surface area (Å²) in [5, 5.41) is 10.7. The van der Waals surface area contributed by atoms with Gasteiger partial charge in [-0.1, -0.05) is 0 Å². The Hall–Kier alpha value is -2.17. The summed E-state index contributed by atoms with van der Waals surface area (Å²) >= 11 is 0. The van der Waals surface area contributed by atoms with Gasteiger partial charge in [-0.2, -0.15) is 4.73 Å². The molecular weight excluding hydrogens is 228 g/mol. The Morgan fingerprint density at radius 2 is 1.82 bits per heavy atom. The van der Waals surface area contributed by atoms with E-state index in [4.69, 9.17) is 4.74 Å². The summed E-state index contributed by atoms with van der Waals surface area (Å²) in [6.45, 7) is -0.0189. The zero-order chi connectivity index (χ0) is 12.3. The zero-order valence-electron chi connectivity index (χ0n) is 8.77. The van der Waals surface area contributed by atoms with Crippen LogP contribution in [0.1, 0.15) is 5.56 Å². The van der Waals surface area contributed by atoms with Gasteiger partial charge in [0.25, 0.3) is 0 Å². The molecule has 0 aliphatic carbocycles. The van der Waals surface area contributed by atoms with E-state index in [-0.39, 0.29) is 12.2 Å². The number of hydrogen-bond acceptors (Lipinski definition) is 2. The number of nitrogens with zero attached hydrogens (tertiary/aromatic N) is 1. The number of benzene rings is 1. The van der Waals surface area contributed by atoms with E-state index in [0.29, 0.717) is 10.5 Å². The molecule has 0 spiro atoms. The fraction of sp³-hybridized carbons (Fsp3) is 0.0833. The van der Waals surface area contributed by atoms with Crippen molar-refractivity contribution in [3.63, 3.8) is 0 Å². The van der Waals surface area contributed by atoms with E-state index in [1.54, 1.807) is 0 Å². The topological polar surface area (TPSA) is 36.2 Å². The van der Waals surface area contributed by atoms with E-state index in [2.05, 4.69) is 0 Å². The predicted molar refractivity (Wildman–Crippen MR) is 56.1 cm³/mol. The van der Waals surface area contributed by atoms with Crippen LogP contribution in [0.2, 0.25) is 0 Å². The van der Waals surface area contributed by atoms with Gasteiger partial charge in [0.15, 0.2) is 12.4 Å². The molecule has 1 heterocycles. The first kappa shape index (κ1) is 11.3. The molecule has 0 unspecified atom stereocenters. The Bertz CT molecular complexity index is 514. The van der Waals surface area contributed by atoms with Crippen molar-refractivity contribution < 1.29 is 18.2 Å². The maximum atomic E-state index is 13.2. The van der Waals surface area contributed by atoms with Gasteiger partial charge >= 0.3 is 0 Å². The second kappa shape index (κ2) is 4.78. The molecule has 0 atom stereocenters. The normalized spacial score (nSPS) is 10.2. The lowest BCUT2D eigenvalue weighted by Gasteiger charge is -2.06. The van der Waals surface area contributed by atoms with Crippen LogP contribution in [0.4, 0.5) is 8.78 Å². The Morgan fingerprint density at radius 1 is 1.12 bits per heavy atom. The van der Waals surface area contributed by atoms with Crippen molar-refractivity contribution in [2.45, 2.75) is 6.61 Å². The molecule has 0 N–H and O–H groups in total. The first-order valence-corrected chi connectivity index (χ1v) is 4.91. The molecule has 0 saturated heterocycles. The number of halogens is 2. The minimum atomic E-state index is -0.653. The molecule has 1 aromatic carbocycles. The van der Waals surface area contributed by atoms with Crippen LogP contribution in [0.15, 0.2) is 42.7 Å². The molecule has 3 nitrogen and oxygen atoms in total. The third kappa shape index (κ3) is 2.90. The molecule has 1 aromatic heterocycles. The number of aromatic nitrogens is 1. The average molecular weight is 237 g/mol. The first-order valence-electron chi connectivity index (χ1n) is 4.91. The number of hydrogen-bond donors (Lipinski definition) is 0. The van der Waals surface area contributed by atoms with Crippen molar-refractivity contribution in [1.29, 1.82) is 0 Å². The summed E-state index contributed by atoms with van der Waals surface area (Å²) in [6.07, 6.45) is 2.55. The zero-order valence-corrected chi connectivity index (χ0v) is 8.77. The van der Waals surface area contributed by atoms with Crippen molar-refractivity contribution in [3.05, 3.63) is 65.1 Å². The molecule has 0 fully saturated rings. The van der Waals surface area contributed by atoms with E-state index in [9.17, 15) is 14.0 Å². The lowest BCUT2D eigenvalue weighted by Crippen LogP contribution is -2.23. The van der Waals surface area contributed by atoms with Crippen molar-refractivity contribution >= 4 is 0 Å². The number of rotatable bonds is 3. The summed E-state index contributed by atoms with van der Waals surface area (Å²) in [7, 11) is 0. The summed E-state index contributed by atoms with van der Waals surface area (Å²) in [5.41, 5.74) is 0.255. The molecule has 0 radical (unpaired) electrons. The Balaban J connectivity index is 2.04. The highest BCUT2D eigenvalue weighted by molar-refractivity contribution is 5.20. The molecule has 0 bridgehead atoms. The van der Waals surface area contributed by atoms with Crippen LogP contribution in [0.25, 0.3) is 0 Å². The minimum absolute atomic E-state index is 0.0189. The number of pyridine rings is 1. The van der Waals surface area contributed by atoms with E-state index in [1.165, 1.54) is 36.7 Å². The maximum Gasteiger partial charge on any atom is 0.184 e. The van der Waals surface area contributed by atoms with E-state index in [0.717, 1.165) is 6.07 Å². The fourth-order valence-corrected chi connectivity index (χ4v) is 1.30. The van der Waals surface area contributed by atoms with E-state index >= 15 is 0 Å². The van der Waals surface area contributed by atoms with Gasteiger partial charge in [0.2, 0.25) is 0 Å². The molecule has 0 amide bonds. The quantitative estimate of drug-likeness (QED) is 0.606. The highest BCUT2D eigenvalue weighted by Crippen LogP contribution is 2.13. The average Bonchev–Trinajstić information content (AvgIpc) is 2.30. The summed E-state index contributed by atoms with van der Waals surface area (Å²) < 4.78 is 31.7. The molecule has 2 rings (SSSR count). The Morgan fingerprint density at radius 3 is 2.47 bits per heavy atom. The van der Waals surface area contributed by atoms with Crippen LogP contribution in [0.3, 0.4) is 0 Å². The highest BCUT2D eigenvalue weighted by atomic mass is 19.1. The van der Waals surface area contributed by atoms with Gasteiger partial charge in [0.05, 0.1) is 0 Å². The van der Waals surface area contributed by atoms with Crippen molar-refractivity contribution in [2.24, 2.45) is 0 Å². The van der Waals surface area contributed by atoms with Gasteiger partial charge in [-0.15, -0.1) is 0 Å². The van der Waals surface area contributed by atoms with Gasteiger partial charge in [0.1, 0.15) is 24.0 Å². The van der Waals surface area contributed by atoms with Crippen molar-refractivity contribution in [1.82, 2.24) is 0 Å². The van der Waals surface area contributed by atoms with Gasteiger partial charge in [-0.05, 0) is 12.1 Å². The summed E-state index contributed by atoms with van der Waals surface area (Å²) in [5.74, 6) is -0.834. The van der Waals surface area contributed by atoms with Crippen LogP contribution in [-0.4, -0.2) is 0 Å². The van der Waals surface area contributed by atoms with Crippen molar-refractivity contribution in [2.75, 3.05) is 0 Å². The van der Waals surface area contributed by atoms with Gasteiger partial charge in [-0.3, -0.25) is 0 Å². The molecule has 2 aromatic rings. The molecule has 0 aliphatic rings. The highest BCUT2D eigenvalue weighted by Gasteiger charge is 2.04. The summed E-state index contributed by atoms with van der Waals surface area (Å²) in [6, 6.07) is 6.22. The standard InChI is InChI=1S/C12H9F2NO2/c13-10-2-1-9(12(14)7-10)8-17-11-3-5-15(16)6-4-11/h1-7H,8H2. The lowest BCUT2D eigenvalue weighted by molar-refractivity contribution is -0.605. The van der Waals surface area contributed by atoms with E-state index in [1.807, 2.05) is 0 Å². The predicted octanol–water partition coefficient (Wildman–Crippen LogP) is 2.18. The van der Waals surface area contributed by atoms with Crippen LogP contribution in [-0.2, 0) is 6.61 Å². The van der Waals surface area contributed by atoms with Crippen LogP contribution in [0.5, 0.6) is 5.75 Å². The molecule has 17 heavy (non-hydrogen) atoms. The van der Waals surface area contributed by atoms with Crippen molar-refractivity contribution in [3.8, 4) is 5.75 Å². The van der Waals surface area contributed by atoms with Crippen LogP contribution >= 0.6 is 0 Å². The third-order valence-corrected chi connectivity index (χ3v) is 2.18. The van der Waals surface area contributed by atoms with Crippen LogP contribution in [0, 0.1) is 16.8 Å². The monoisotopic (exact) mass is 237 g/mol. The molecular formula is C12H9F2NO2. The molecule has 0 saturated carbocycles. The fourth-order valence-electron chi connectivity index (χ4n) is 1.30. The number of ether oxygens (including phenoxy) is 1. The van der Waals surface area contributed by atoms with E-state index < -0.39 is 11.6 Å². The molecule has 5 heteroatoms. The molecule has 0 aliphatic heterocycles. The first-order chi connectivity index (χ1) is 8.15. The van der Waals surface area contributed by atoms with Gasteiger partial charge < -0.3 is 9.94 Å². The SMILES string of the molecule is [O-][n+]1ccc(OCc2ccc(F)cc2F)cc1. The Kier molecular flexibility index (Phi) is 3.18. The second-order valence-electron chi connectivity index (χ2n) is 3.42. The maximum absolute atomic E-state index is 13.2. The smallest absolute Gasteiger partial charge is 0.184 e. The largest absolute Gasteiger partial charge is 0.619 e. The van der Waals surface area contributed by atoms with Crippen LogP contribution < -0.4 is 9.47 Å². The molecule has 88 valence electrons. The second-order valence-corrected chi connectivity index (χ2v) is 3.42. The lowest BCUT2D eigenvalue weighted by atomic mass is 10.2. The van der Waals surface area contributed by atoms with Gasteiger partial charge in [-0.25, -0.2) is 8.78 Å². The Labute approximate surface area is 96.5 Å². The summed E-state index contributed by atoms with van der Waals surface area (Å²) in [4.78, 5) is 0. The third-order valence-electron chi connectivity index (χ3n) is 2.18. The minimum Gasteiger partial charge on any atom is -0.619 e.